The summed E-state index contributed by atoms with van der Waals surface area (Å²) >= 11 is 2.07. The van der Waals surface area contributed by atoms with Crippen molar-refractivity contribution in [2.45, 2.75) is 32.9 Å². The van der Waals surface area contributed by atoms with Gasteiger partial charge in [0, 0.05) is 43.2 Å². The minimum Gasteiger partial charge on any atom is -0.311 e. The first-order chi connectivity index (χ1) is 7.09. The first-order valence-electron chi connectivity index (χ1n) is 5.81. The molecule has 1 atom stereocenters. The van der Waals surface area contributed by atoms with Crippen LogP contribution in [0.4, 0.5) is 0 Å². The predicted molar refractivity (Wildman–Crippen MR) is 70.6 cm³/mol. The number of hydrogen-bond donors (Lipinski definition) is 1. The highest BCUT2D eigenvalue weighted by atomic mass is 32.2. The Morgan fingerprint density at radius 1 is 1.60 bits per heavy atom. The topological polar surface area (TPSA) is 15.3 Å². The lowest BCUT2D eigenvalue weighted by atomic mass is 10.2. The van der Waals surface area contributed by atoms with Gasteiger partial charge in [0.1, 0.15) is 0 Å². The molecule has 15 heavy (non-hydrogen) atoms. The average Bonchev–Trinajstić information content (AvgIpc) is 2.18. The van der Waals surface area contributed by atoms with Crippen molar-refractivity contribution in [2.75, 3.05) is 31.1 Å². The molecule has 1 aliphatic rings. The predicted octanol–water partition coefficient (Wildman–Crippen LogP) is 1.98. The molecule has 0 aliphatic carbocycles. The molecule has 88 valence electrons. The molecule has 1 rings (SSSR count). The molecule has 0 spiro atoms. The average molecular weight is 228 g/mol. The third-order valence-electron chi connectivity index (χ3n) is 2.69. The summed E-state index contributed by atoms with van der Waals surface area (Å²) in [6.45, 7) is 14.0. The zero-order chi connectivity index (χ0) is 11.3. The van der Waals surface area contributed by atoms with Crippen LogP contribution in [0.1, 0.15) is 20.8 Å². The van der Waals surface area contributed by atoms with Crippen LogP contribution in [0.5, 0.6) is 0 Å². The van der Waals surface area contributed by atoms with E-state index in [1.165, 1.54) is 23.6 Å². The summed E-state index contributed by atoms with van der Waals surface area (Å²) in [5.41, 5.74) is 1.31. The Morgan fingerprint density at radius 3 is 2.93 bits per heavy atom. The van der Waals surface area contributed by atoms with Crippen molar-refractivity contribution in [3.63, 3.8) is 0 Å². The van der Waals surface area contributed by atoms with Crippen LogP contribution < -0.4 is 5.32 Å². The molecule has 1 heterocycles. The maximum Gasteiger partial charge on any atom is 0.0206 e. The zero-order valence-corrected chi connectivity index (χ0v) is 11.1. The van der Waals surface area contributed by atoms with Crippen LogP contribution in [0.2, 0.25) is 0 Å². The summed E-state index contributed by atoms with van der Waals surface area (Å²) in [5.74, 6) is 2.54. The number of nitrogens with zero attached hydrogens (tertiary/aromatic N) is 1. The second-order valence-electron chi connectivity index (χ2n) is 4.68. The Labute approximate surface area is 98.5 Å². The van der Waals surface area contributed by atoms with Gasteiger partial charge in [-0.25, -0.2) is 0 Å². The summed E-state index contributed by atoms with van der Waals surface area (Å²) < 4.78 is 0. The molecule has 1 N–H and O–H groups in total. The van der Waals surface area contributed by atoms with Gasteiger partial charge in [0.15, 0.2) is 0 Å². The molecule has 1 saturated heterocycles. The van der Waals surface area contributed by atoms with E-state index in [1.54, 1.807) is 0 Å². The van der Waals surface area contributed by atoms with Crippen molar-refractivity contribution < 1.29 is 0 Å². The molecule has 0 aromatic carbocycles. The van der Waals surface area contributed by atoms with Gasteiger partial charge in [-0.3, -0.25) is 4.90 Å². The molecule has 0 radical (unpaired) electrons. The zero-order valence-electron chi connectivity index (χ0n) is 10.3. The van der Waals surface area contributed by atoms with Gasteiger partial charge >= 0.3 is 0 Å². The van der Waals surface area contributed by atoms with E-state index >= 15 is 0 Å². The fourth-order valence-electron chi connectivity index (χ4n) is 1.69. The van der Waals surface area contributed by atoms with Crippen LogP contribution >= 0.6 is 11.8 Å². The van der Waals surface area contributed by atoms with E-state index in [0.29, 0.717) is 12.1 Å². The molecule has 3 heteroatoms. The molecule has 0 aromatic rings. The minimum atomic E-state index is 0.552. The van der Waals surface area contributed by atoms with Crippen molar-refractivity contribution in [1.29, 1.82) is 0 Å². The van der Waals surface area contributed by atoms with Gasteiger partial charge < -0.3 is 5.32 Å². The molecule has 1 fully saturated rings. The molecule has 0 aromatic heterocycles. The quantitative estimate of drug-likeness (QED) is 0.724. The standard InChI is InChI=1S/C12H24N2S/c1-10(2)13-7-11(3)8-14-5-6-15-9-12(14)4/h10,12-13H,3,5-9H2,1-2,4H3. The van der Waals surface area contributed by atoms with E-state index in [4.69, 9.17) is 0 Å². The second kappa shape index (κ2) is 6.56. The highest BCUT2D eigenvalue weighted by molar-refractivity contribution is 7.99. The van der Waals surface area contributed by atoms with E-state index < -0.39 is 0 Å². The lowest BCUT2D eigenvalue weighted by Gasteiger charge is -2.33. The van der Waals surface area contributed by atoms with E-state index in [2.05, 4.69) is 49.3 Å². The molecule has 1 unspecified atom stereocenters. The Morgan fingerprint density at radius 2 is 2.33 bits per heavy atom. The first-order valence-corrected chi connectivity index (χ1v) is 6.97. The van der Waals surface area contributed by atoms with Gasteiger partial charge in [0.25, 0.3) is 0 Å². The van der Waals surface area contributed by atoms with Crippen molar-refractivity contribution in [3.8, 4) is 0 Å². The summed E-state index contributed by atoms with van der Waals surface area (Å²) in [6, 6.07) is 1.26. The Balaban J connectivity index is 2.24. The first kappa shape index (κ1) is 13.1. The van der Waals surface area contributed by atoms with Crippen LogP contribution in [0, 0.1) is 0 Å². The second-order valence-corrected chi connectivity index (χ2v) is 5.83. The van der Waals surface area contributed by atoms with E-state index in [1.807, 2.05) is 0 Å². The molecular formula is C12H24N2S. The van der Waals surface area contributed by atoms with Crippen LogP contribution in [0.3, 0.4) is 0 Å². The molecule has 1 aliphatic heterocycles. The monoisotopic (exact) mass is 228 g/mol. The van der Waals surface area contributed by atoms with E-state index in [9.17, 15) is 0 Å². The molecule has 0 bridgehead atoms. The highest BCUT2D eigenvalue weighted by Crippen LogP contribution is 2.16. The van der Waals surface area contributed by atoms with Gasteiger partial charge in [0.05, 0.1) is 0 Å². The normalized spacial score (nSPS) is 23.3. The number of thioether (sulfide) groups is 1. The van der Waals surface area contributed by atoms with Crippen molar-refractivity contribution in [3.05, 3.63) is 12.2 Å². The van der Waals surface area contributed by atoms with Gasteiger partial charge in [-0.15, -0.1) is 0 Å². The van der Waals surface area contributed by atoms with Crippen molar-refractivity contribution in [2.24, 2.45) is 0 Å². The molecule has 0 saturated carbocycles. The summed E-state index contributed by atoms with van der Waals surface area (Å²) in [7, 11) is 0. The van der Waals surface area contributed by atoms with Crippen LogP contribution in [-0.4, -0.2) is 48.1 Å². The molecular weight excluding hydrogens is 204 g/mol. The smallest absolute Gasteiger partial charge is 0.0206 e. The van der Waals surface area contributed by atoms with Crippen LogP contribution in [-0.2, 0) is 0 Å². The summed E-state index contributed by atoms with van der Waals surface area (Å²) in [5, 5.41) is 3.42. The SMILES string of the molecule is C=C(CNC(C)C)CN1CCSCC1C. The largest absolute Gasteiger partial charge is 0.311 e. The lowest BCUT2D eigenvalue weighted by Crippen LogP contribution is -2.42. The molecule has 2 nitrogen and oxygen atoms in total. The Bertz CT molecular complexity index is 204. The summed E-state index contributed by atoms with van der Waals surface area (Å²) in [4.78, 5) is 2.54. The fraction of sp³-hybridized carbons (Fsp3) is 0.833. The third kappa shape index (κ3) is 5.05. The molecule has 0 amide bonds. The van der Waals surface area contributed by atoms with Gasteiger partial charge in [-0.1, -0.05) is 20.4 Å². The maximum absolute atomic E-state index is 4.14. The summed E-state index contributed by atoms with van der Waals surface area (Å²) in [6.07, 6.45) is 0. The third-order valence-corrected chi connectivity index (χ3v) is 3.88. The van der Waals surface area contributed by atoms with Crippen LogP contribution in [0.15, 0.2) is 12.2 Å². The fourth-order valence-corrected chi connectivity index (χ4v) is 2.77. The highest BCUT2D eigenvalue weighted by Gasteiger charge is 2.18. The van der Waals surface area contributed by atoms with Crippen molar-refractivity contribution in [1.82, 2.24) is 10.2 Å². The number of nitrogens with one attached hydrogen (secondary N) is 1. The van der Waals surface area contributed by atoms with E-state index in [-0.39, 0.29) is 0 Å². The maximum atomic E-state index is 4.14. The van der Waals surface area contributed by atoms with Gasteiger partial charge in [-0.2, -0.15) is 11.8 Å². The Kier molecular flexibility index (Phi) is 5.72. The number of hydrogen-bond acceptors (Lipinski definition) is 3. The lowest BCUT2D eigenvalue weighted by molar-refractivity contribution is 0.251. The van der Waals surface area contributed by atoms with Gasteiger partial charge in [0.2, 0.25) is 0 Å². The van der Waals surface area contributed by atoms with Gasteiger partial charge in [-0.05, 0) is 12.5 Å². The Hall–Kier alpha value is 0.0100. The van der Waals surface area contributed by atoms with E-state index in [0.717, 1.165) is 13.1 Å². The number of rotatable bonds is 5. The van der Waals surface area contributed by atoms with Crippen molar-refractivity contribution >= 4 is 11.8 Å². The van der Waals surface area contributed by atoms with Crippen LogP contribution in [0.25, 0.3) is 0 Å². The minimum absolute atomic E-state index is 0.552.